The van der Waals surface area contributed by atoms with E-state index in [0.29, 0.717) is 0 Å². The summed E-state index contributed by atoms with van der Waals surface area (Å²) >= 11 is 0. The minimum atomic E-state index is -0.406. The molecular formula is C22H37Cl2N3O2. The van der Waals surface area contributed by atoms with E-state index in [9.17, 15) is 4.79 Å². The molecule has 0 aliphatic carbocycles. The van der Waals surface area contributed by atoms with E-state index in [1.165, 1.54) is 11.3 Å². The maximum atomic E-state index is 12.5. The molecule has 3 N–H and O–H groups in total. The van der Waals surface area contributed by atoms with E-state index in [0.717, 1.165) is 52.0 Å². The van der Waals surface area contributed by atoms with Crippen molar-refractivity contribution in [3.8, 4) is 0 Å². The number of rotatable bonds is 4. The summed E-state index contributed by atoms with van der Waals surface area (Å²) in [6, 6.07) is 8.73. The Hall–Kier alpha value is -1.01. The third-order valence-corrected chi connectivity index (χ3v) is 6.02. The third kappa shape index (κ3) is 7.02. The summed E-state index contributed by atoms with van der Waals surface area (Å²) < 4.78 is 5.37. The number of piperidine rings is 1. The first-order chi connectivity index (χ1) is 12.8. The van der Waals surface area contributed by atoms with Crippen molar-refractivity contribution >= 4 is 36.4 Å². The van der Waals surface area contributed by atoms with Crippen molar-refractivity contribution < 1.29 is 9.53 Å². The van der Waals surface area contributed by atoms with Gasteiger partial charge in [-0.2, -0.15) is 0 Å². The Kier molecular flexibility index (Phi) is 10.2. The molecule has 1 aromatic rings. The van der Waals surface area contributed by atoms with E-state index < -0.39 is 6.04 Å². The summed E-state index contributed by atoms with van der Waals surface area (Å²) in [5.41, 5.74) is 9.01. The molecule has 1 unspecified atom stereocenters. The minimum absolute atomic E-state index is 0. The maximum Gasteiger partial charge on any atom is 0.237 e. The lowest BCUT2D eigenvalue weighted by Gasteiger charge is -2.35. The Labute approximate surface area is 187 Å². The Morgan fingerprint density at radius 3 is 2.14 bits per heavy atom. The highest BCUT2D eigenvalue weighted by atomic mass is 35.5. The van der Waals surface area contributed by atoms with Crippen molar-refractivity contribution in [3.05, 3.63) is 29.8 Å². The zero-order valence-corrected chi connectivity index (χ0v) is 19.5. The molecule has 0 saturated carbocycles. The van der Waals surface area contributed by atoms with Crippen LogP contribution in [0, 0.1) is 5.92 Å². The normalized spacial score (nSPS) is 19.7. The second kappa shape index (κ2) is 11.4. The second-order valence-electron chi connectivity index (χ2n) is 9.04. The molecule has 3 rings (SSSR count). The molecule has 2 aliphatic rings. The molecule has 1 amide bonds. The van der Waals surface area contributed by atoms with Gasteiger partial charge in [0.05, 0.1) is 6.04 Å². The van der Waals surface area contributed by atoms with Crippen LogP contribution in [0.5, 0.6) is 0 Å². The van der Waals surface area contributed by atoms with Crippen LogP contribution in [-0.4, -0.2) is 44.3 Å². The molecule has 1 atom stereocenters. The molecule has 166 valence electrons. The summed E-state index contributed by atoms with van der Waals surface area (Å²) in [5.74, 6) is 0.259. The Balaban J connectivity index is 0.00000210. The van der Waals surface area contributed by atoms with Crippen molar-refractivity contribution in [2.45, 2.75) is 64.0 Å². The number of nitrogens with two attached hydrogens (primary N) is 1. The first kappa shape index (κ1) is 26.0. The number of halogens is 2. The Morgan fingerprint density at radius 1 is 1.07 bits per heavy atom. The van der Waals surface area contributed by atoms with Gasteiger partial charge in [0, 0.05) is 38.0 Å². The van der Waals surface area contributed by atoms with Crippen molar-refractivity contribution in [2.24, 2.45) is 11.7 Å². The van der Waals surface area contributed by atoms with Gasteiger partial charge in [-0.15, -0.1) is 24.8 Å². The largest absolute Gasteiger partial charge is 0.381 e. The average molecular weight is 446 g/mol. The summed E-state index contributed by atoms with van der Waals surface area (Å²) in [7, 11) is 0. The highest BCUT2D eigenvalue weighted by molar-refractivity contribution is 5.85. The van der Waals surface area contributed by atoms with Gasteiger partial charge in [-0.3, -0.25) is 4.79 Å². The molecule has 2 heterocycles. The van der Waals surface area contributed by atoms with Crippen LogP contribution in [0.25, 0.3) is 0 Å². The smallest absolute Gasteiger partial charge is 0.237 e. The number of anilines is 1. The van der Waals surface area contributed by atoms with Gasteiger partial charge >= 0.3 is 0 Å². The molecule has 0 radical (unpaired) electrons. The SMILES string of the molecule is CC(C)(C)c1ccc(N2CCC(NC(=O)C(N)C3CCOCC3)CC2)cc1.Cl.Cl. The Morgan fingerprint density at radius 2 is 1.62 bits per heavy atom. The van der Waals surface area contributed by atoms with Gasteiger partial charge < -0.3 is 20.7 Å². The third-order valence-electron chi connectivity index (χ3n) is 6.02. The Bertz CT molecular complexity index is 620. The summed E-state index contributed by atoms with van der Waals surface area (Å²) in [6.45, 7) is 10.1. The van der Waals surface area contributed by atoms with Crippen molar-refractivity contribution in [2.75, 3.05) is 31.2 Å². The van der Waals surface area contributed by atoms with Crippen LogP contribution in [0.1, 0.15) is 52.0 Å². The van der Waals surface area contributed by atoms with Crippen molar-refractivity contribution in [1.82, 2.24) is 5.32 Å². The lowest BCUT2D eigenvalue weighted by atomic mass is 9.87. The van der Waals surface area contributed by atoms with E-state index in [-0.39, 0.29) is 48.1 Å². The fourth-order valence-corrected chi connectivity index (χ4v) is 4.04. The number of amides is 1. The highest BCUT2D eigenvalue weighted by Crippen LogP contribution is 2.26. The van der Waals surface area contributed by atoms with Gasteiger partial charge in [0.15, 0.2) is 0 Å². The minimum Gasteiger partial charge on any atom is -0.381 e. The van der Waals surface area contributed by atoms with Crippen LogP contribution in [0.15, 0.2) is 24.3 Å². The highest BCUT2D eigenvalue weighted by Gasteiger charge is 2.29. The number of nitrogens with zero attached hydrogens (tertiary/aromatic N) is 1. The van der Waals surface area contributed by atoms with Crippen molar-refractivity contribution in [1.29, 1.82) is 0 Å². The molecule has 1 aromatic carbocycles. The molecule has 0 spiro atoms. The number of carbonyl (C=O) groups is 1. The summed E-state index contributed by atoms with van der Waals surface area (Å²) in [4.78, 5) is 14.9. The van der Waals surface area contributed by atoms with Crippen LogP contribution in [0.2, 0.25) is 0 Å². The topological polar surface area (TPSA) is 67.6 Å². The first-order valence-electron chi connectivity index (χ1n) is 10.3. The second-order valence-corrected chi connectivity index (χ2v) is 9.04. The molecule has 2 aliphatic heterocycles. The molecule has 7 heteroatoms. The van der Waals surface area contributed by atoms with Gasteiger partial charge in [0.1, 0.15) is 0 Å². The number of nitrogens with one attached hydrogen (secondary N) is 1. The van der Waals surface area contributed by atoms with Crippen LogP contribution in [-0.2, 0) is 14.9 Å². The number of hydrogen-bond acceptors (Lipinski definition) is 4. The fourth-order valence-electron chi connectivity index (χ4n) is 4.04. The molecular weight excluding hydrogens is 409 g/mol. The van der Waals surface area contributed by atoms with Gasteiger partial charge in [-0.05, 0) is 54.7 Å². The summed E-state index contributed by atoms with van der Waals surface area (Å²) in [5, 5.41) is 3.19. The number of ether oxygens (including phenoxy) is 1. The fraction of sp³-hybridized carbons (Fsp3) is 0.682. The number of hydrogen-bond donors (Lipinski definition) is 2. The van der Waals surface area contributed by atoms with Crippen LogP contribution >= 0.6 is 24.8 Å². The molecule has 0 bridgehead atoms. The maximum absolute atomic E-state index is 12.5. The van der Waals surface area contributed by atoms with Crippen LogP contribution in [0.4, 0.5) is 5.69 Å². The first-order valence-corrected chi connectivity index (χ1v) is 10.3. The predicted molar refractivity (Wildman–Crippen MR) is 125 cm³/mol. The van der Waals surface area contributed by atoms with Gasteiger partial charge in [0.2, 0.25) is 5.91 Å². The quantitative estimate of drug-likeness (QED) is 0.741. The standard InChI is InChI=1S/C22H35N3O2.2ClH/c1-22(2,3)17-4-6-19(7-5-17)25-12-8-18(9-13-25)24-21(26)20(23)16-10-14-27-15-11-16;;/h4-7,16,18,20H,8-15,23H2,1-3H3,(H,24,26);2*1H. The molecule has 0 aromatic heterocycles. The zero-order chi connectivity index (χ0) is 19.4. The van der Waals surface area contributed by atoms with E-state index in [4.69, 9.17) is 10.5 Å². The van der Waals surface area contributed by atoms with E-state index in [1.54, 1.807) is 0 Å². The van der Waals surface area contributed by atoms with Crippen molar-refractivity contribution in [3.63, 3.8) is 0 Å². The lowest BCUT2D eigenvalue weighted by Crippen LogP contribution is -2.52. The van der Waals surface area contributed by atoms with Crippen LogP contribution < -0.4 is 16.0 Å². The number of benzene rings is 1. The van der Waals surface area contributed by atoms with E-state index in [2.05, 4.69) is 55.3 Å². The lowest BCUT2D eigenvalue weighted by molar-refractivity contribution is -0.125. The van der Waals surface area contributed by atoms with Crippen LogP contribution in [0.3, 0.4) is 0 Å². The molecule has 5 nitrogen and oxygen atoms in total. The molecule has 2 fully saturated rings. The summed E-state index contributed by atoms with van der Waals surface area (Å²) in [6.07, 6.45) is 3.70. The van der Waals surface area contributed by atoms with Gasteiger partial charge in [-0.25, -0.2) is 0 Å². The van der Waals surface area contributed by atoms with E-state index >= 15 is 0 Å². The average Bonchev–Trinajstić information content (AvgIpc) is 2.68. The predicted octanol–water partition coefficient (Wildman–Crippen LogP) is 3.67. The number of carbonyl (C=O) groups excluding carboxylic acids is 1. The van der Waals surface area contributed by atoms with Gasteiger partial charge in [0.25, 0.3) is 0 Å². The molecule has 2 saturated heterocycles. The zero-order valence-electron chi connectivity index (χ0n) is 17.9. The monoisotopic (exact) mass is 445 g/mol. The van der Waals surface area contributed by atoms with Gasteiger partial charge in [-0.1, -0.05) is 32.9 Å². The van der Waals surface area contributed by atoms with E-state index in [1.807, 2.05) is 0 Å². The molecule has 29 heavy (non-hydrogen) atoms.